The van der Waals surface area contributed by atoms with Gasteiger partial charge >= 0.3 is 0 Å². The van der Waals surface area contributed by atoms with Crippen LogP contribution in [-0.2, 0) is 0 Å². The normalized spacial score (nSPS) is 12.3. The average Bonchev–Trinajstić information content (AvgIpc) is 1.51. The van der Waals surface area contributed by atoms with E-state index in [1.165, 1.54) is 0 Å². The maximum absolute atomic E-state index is 5.18. The number of nitrogens with one attached hydrogen (secondary N) is 1. The molecule has 580 valence electrons. The van der Waals surface area contributed by atoms with Gasteiger partial charge in [0.05, 0.1) is 11.8 Å². The number of rotatable bonds is 0. The summed E-state index contributed by atoms with van der Waals surface area (Å²) in [5, 5.41) is 3.73. The zero-order chi connectivity index (χ0) is 98.3. The quantitative estimate of drug-likeness (QED) is 0.369. The largest absolute Gasteiger partial charge is 0.311 e. The minimum atomic E-state index is -1.51. The van der Waals surface area contributed by atoms with Crippen LogP contribution in [0, 0.1) is 777 Å². The van der Waals surface area contributed by atoms with E-state index in [1.807, 2.05) is 0 Å². The summed E-state index contributed by atoms with van der Waals surface area (Å²) in [5.41, 5.74) is -1.51. The predicted octanol–water partition coefficient (Wildman–Crippen LogP) is 3.08. The van der Waals surface area contributed by atoms with Gasteiger partial charge in [0.25, 0.3) is 0 Å². The molecule has 0 amide bonds. The molecule has 10 atom stereocenters. The Hall–Kier alpha value is -26.9. The Labute approximate surface area is 816 Å². The third-order valence-corrected chi connectivity index (χ3v) is 13.9. The molecular weight excluding hydrogens is 1660 g/mol. The number of hydrogen-bond acceptors (Lipinski definition) is 1. The molecular formula is C137H27N. The third-order valence-electron chi connectivity index (χ3n) is 13.9. The summed E-state index contributed by atoms with van der Waals surface area (Å²) in [6.45, 7) is 6.89. The molecule has 3 rings (SSSR count). The summed E-state index contributed by atoms with van der Waals surface area (Å²) in [6.07, 6.45) is 15.4. The van der Waals surface area contributed by atoms with E-state index < -0.39 is 58.8 Å². The molecule has 0 aromatic heterocycles. The van der Waals surface area contributed by atoms with Crippen LogP contribution in [0.1, 0.15) is 27.7 Å². The smallest absolute Gasteiger partial charge is 0.0508 e. The van der Waals surface area contributed by atoms with E-state index >= 15 is 0 Å². The highest BCUT2D eigenvalue weighted by molar-refractivity contribution is 5.59. The highest BCUT2D eigenvalue weighted by Gasteiger charge is 2.74. The van der Waals surface area contributed by atoms with Crippen LogP contribution < -0.4 is 5.32 Å². The van der Waals surface area contributed by atoms with Crippen molar-refractivity contribution in [1.29, 1.82) is 0 Å². The molecule has 1 spiro atoms. The molecule has 1 aliphatic heterocycles. The van der Waals surface area contributed by atoms with Crippen LogP contribution in [0.5, 0.6) is 0 Å². The third kappa shape index (κ3) is 52.3. The number of fused-ring (bicyclic) bond motifs is 1. The first-order valence-electron chi connectivity index (χ1n) is 37.4. The molecule has 0 radical (unpaired) electrons. The molecule has 138 heavy (non-hydrogen) atoms. The van der Waals surface area contributed by atoms with E-state index in [-0.39, 0.29) is 6.54 Å². The minimum absolute atomic E-state index is 0.263. The van der Waals surface area contributed by atoms with Crippen molar-refractivity contribution in [2.24, 2.45) is 52.8 Å². The van der Waals surface area contributed by atoms with E-state index in [0.717, 1.165) is 0 Å². The van der Waals surface area contributed by atoms with Crippen molar-refractivity contribution in [3.05, 3.63) is 0 Å². The Bertz CT molecular complexity index is 9660. The maximum Gasteiger partial charge on any atom is 0.0508 e. The van der Waals surface area contributed by atoms with Crippen molar-refractivity contribution in [2.45, 2.75) is 33.7 Å². The van der Waals surface area contributed by atoms with Gasteiger partial charge in [0.1, 0.15) is 0 Å². The molecule has 10 unspecified atom stereocenters. The topological polar surface area (TPSA) is 12.0 Å². The highest BCUT2D eigenvalue weighted by atomic mass is 15.0. The van der Waals surface area contributed by atoms with Gasteiger partial charge in [0, 0.05) is 77.2 Å². The standard InChI is InChI=1S/C137H27N/c1-8-15-22-29-36-43-50-57-63-67-69-71-75-81-87-94-101-108-115-122-130-129(121-114-107-100-93-86-80-74-70-65-59-52-45-38-31-24-17-10-3)131(123-116-109-102-95-88-83-76-66-60-53-46-39-32-25-18-11-4)137(132(130)124-117-110-103-96-89-84-77-72-68-64-58-51-44-37-30-23-16-9-2)133(125-118-111-104-97-90-78-56-49-42-35-28-21-14-7)135-128(120-113-106-99-92-85-79-73-61-54-47-40-33-26-19-12-5)127-138-136(135)134(137)126-119-112-105-98-91-82-62-55-48-41-34-27-20-13-6/h2,4,6,128-136,138H,127H2,1,3,5,7H3. The lowest BCUT2D eigenvalue weighted by molar-refractivity contribution is 0.100. The average molecular weight is 1690 g/mol. The fraction of sp³-hybridized carbons (Fsp3) is 0.109. The molecule has 0 aromatic carbocycles. The Morgan fingerprint density at radius 2 is 0.290 bits per heavy atom. The van der Waals surface area contributed by atoms with Gasteiger partial charge in [-0.1, -0.05) is 65.1 Å². The Kier molecular flexibility index (Phi) is 61.9. The van der Waals surface area contributed by atoms with Gasteiger partial charge < -0.3 is 5.32 Å². The van der Waals surface area contributed by atoms with Gasteiger partial charge in [-0.15, -0.1) is 19.3 Å². The van der Waals surface area contributed by atoms with Gasteiger partial charge in [-0.25, -0.2) is 0 Å². The minimum Gasteiger partial charge on any atom is -0.311 e. The van der Waals surface area contributed by atoms with Crippen LogP contribution in [0.4, 0.5) is 0 Å². The lowest BCUT2D eigenvalue weighted by Gasteiger charge is -2.41. The number of hydrogen-bond donors (Lipinski definition) is 1. The summed E-state index contributed by atoms with van der Waals surface area (Å²) in [7, 11) is 0. The molecule has 3 fully saturated rings. The van der Waals surface area contributed by atoms with Crippen molar-refractivity contribution in [2.75, 3.05) is 6.54 Å². The van der Waals surface area contributed by atoms with Crippen molar-refractivity contribution in [3.8, 4) is 724 Å². The van der Waals surface area contributed by atoms with Crippen molar-refractivity contribution < 1.29 is 0 Å². The van der Waals surface area contributed by atoms with Crippen LogP contribution >= 0.6 is 0 Å². The summed E-state index contributed by atoms with van der Waals surface area (Å²) in [6, 6.07) is -0.662. The first-order chi connectivity index (χ1) is 68.6. The Morgan fingerprint density at radius 3 is 0.464 bits per heavy atom. The molecule has 0 aromatic rings. The molecule has 1 nitrogen and oxygen atoms in total. The first-order valence-corrected chi connectivity index (χ1v) is 37.4. The Morgan fingerprint density at radius 1 is 0.152 bits per heavy atom. The maximum atomic E-state index is 5.18. The molecule has 2 saturated carbocycles. The van der Waals surface area contributed by atoms with E-state index in [2.05, 4.69) is 710 Å². The van der Waals surface area contributed by atoms with Crippen molar-refractivity contribution in [1.82, 2.24) is 5.32 Å². The molecule has 1 N–H and O–H groups in total. The lowest BCUT2D eigenvalue weighted by Crippen LogP contribution is -2.45. The van der Waals surface area contributed by atoms with Crippen LogP contribution in [-0.4, -0.2) is 12.6 Å². The van der Waals surface area contributed by atoms with Crippen LogP contribution in [0.3, 0.4) is 0 Å². The van der Waals surface area contributed by atoms with Crippen LogP contribution in [0.25, 0.3) is 0 Å². The summed E-state index contributed by atoms with van der Waals surface area (Å²) >= 11 is 0. The van der Waals surface area contributed by atoms with Crippen LogP contribution in [0.15, 0.2) is 0 Å². The molecule has 1 heteroatoms. The molecule has 1 heterocycles. The van der Waals surface area contributed by atoms with Gasteiger partial charge in [-0.05, 0) is 643 Å². The lowest BCUT2D eigenvalue weighted by atomic mass is 9.58. The van der Waals surface area contributed by atoms with Gasteiger partial charge in [0.2, 0.25) is 0 Å². The number of terminal acetylenes is 3. The van der Waals surface area contributed by atoms with E-state index in [0.29, 0.717) is 0 Å². The highest BCUT2D eigenvalue weighted by Crippen LogP contribution is 2.69. The molecule has 2 aliphatic carbocycles. The van der Waals surface area contributed by atoms with Crippen molar-refractivity contribution in [3.63, 3.8) is 0 Å². The second kappa shape index (κ2) is 81.1. The second-order valence-electron chi connectivity index (χ2n) is 21.6. The predicted molar refractivity (Wildman–Crippen MR) is 542 cm³/mol. The van der Waals surface area contributed by atoms with Gasteiger partial charge in [0.15, 0.2) is 0 Å². The first kappa shape index (κ1) is 105. The van der Waals surface area contributed by atoms with Crippen molar-refractivity contribution >= 4 is 0 Å². The second-order valence-corrected chi connectivity index (χ2v) is 21.6. The molecule has 1 saturated heterocycles. The van der Waals surface area contributed by atoms with Crippen LogP contribution in [0.2, 0.25) is 0 Å². The zero-order valence-electron chi connectivity index (χ0n) is 72.1. The van der Waals surface area contributed by atoms with Gasteiger partial charge in [-0.2, -0.15) is 0 Å². The van der Waals surface area contributed by atoms with E-state index in [1.54, 1.807) is 27.7 Å². The zero-order valence-corrected chi connectivity index (χ0v) is 72.1. The SMILES string of the molecule is C#CC#CC#CC#CC#CC#CC#CC#CC#CC#CC1C(C#CC#CC#CC#CC#CC#CC#CC#CC#CC#CC)C(C#CC#CC#CC#CC#CC#CC#CC#CC#CC)C(C#CC#CC#CC#CC#CC#CC#CC#CC#C)C12C(C#CC#CC#CC#CC#CC#CC#CC#C)C1NCC(C#CC#CC#CC#CC#CC#CC#CC#CC)C1C2C#CC#CC#CC#CC#CC#CC#CC. The van der Waals surface area contributed by atoms with E-state index in [4.69, 9.17) is 19.3 Å². The summed E-state index contributed by atoms with van der Waals surface area (Å²) in [4.78, 5) is 0. The summed E-state index contributed by atoms with van der Waals surface area (Å²) < 4.78 is 0. The molecule has 3 aliphatic rings. The summed E-state index contributed by atoms with van der Waals surface area (Å²) in [5.74, 6) is 311. The monoisotopic (exact) mass is 1690 g/mol. The van der Waals surface area contributed by atoms with E-state index in [9.17, 15) is 0 Å². The Balaban J connectivity index is 2.97. The fourth-order valence-corrected chi connectivity index (χ4v) is 9.79. The molecule has 0 bridgehead atoms. The van der Waals surface area contributed by atoms with Gasteiger partial charge in [-0.3, -0.25) is 0 Å². The fourth-order valence-electron chi connectivity index (χ4n) is 9.79.